The number of carbonyl (C=O) groups excluding carboxylic acids is 1. The van der Waals surface area contributed by atoms with Gasteiger partial charge in [0, 0.05) is 6.54 Å². The van der Waals surface area contributed by atoms with Crippen molar-refractivity contribution in [3.05, 3.63) is 65.1 Å². The Kier molecular flexibility index (Phi) is 6.17. The minimum Gasteiger partial charge on any atom is -0.454 e. The summed E-state index contributed by atoms with van der Waals surface area (Å²) in [4.78, 5) is 12.3. The highest BCUT2D eigenvalue weighted by molar-refractivity contribution is 6.56. The van der Waals surface area contributed by atoms with Crippen LogP contribution in [0.5, 0.6) is 11.5 Å². The van der Waals surface area contributed by atoms with Crippen LogP contribution in [0.15, 0.2) is 54.0 Å². The number of rotatable bonds is 6. The van der Waals surface area contributed by atoms with E-state index in [9.17, 15) is 4.79 Å². The first kappa shape index (κ1) is 22.2. The summed E-state index contributed by atoms with van der Waals surface area (Å²) in [7, 11) is -0.611. The fraction of sp³-hybridized carbons (Fsp3) is 0.375. The minimum absolute atomic E-state index is 0.199. The van der Waals surface area contributed by atoms with Crippen molar-refractivity contribution in [1.29, 1.82) is 0 Å². The Hall–Kier alpha value is -2.97. The molecule has 0 unspecified atom stereocenters. The second kappa shape index (κ2) is 8.88. The molecule has 0 radical (unpaired) electrons. The number of carbonyl (C=O) groups is 1. The van der Waals surface area contributed by atoms with Crippen molar-refractivity contribution >= 4 is 19.3 Å². The first-order valence-electron chi connectivity index (χ1n) is 10.6. The topological polar surface area (TPSA) is 75.2 Å². The lowest BCUT2D eigenvalue weighted by atomic mass is 9.77. The monoisotopic (exact) mass is 437 g/mol. The molecule has 0 spiro atoms. The highest BCUT2D eigenvalue weighted by atomic mass is 16.7. The molecule has 0 aliphatic carbocycles. The molecule has 0 aromatic heterocycles. The lowest BCUT2D eigenvalue weighted by molar-refractivity contribution is 0.00578. The number of hydrogen-bond donors (Lipinski definition) is 1. The summed E-state index contributed by atoms with van der Waals surface area (Å²) >= 11 is 0. The Morgan fingerprint density at radius 1 is 1.03 bits per heavy atom. The molecule has 2 heterocycles. The number of hydrogen-bond acceptors (Lipinski definition) is 6. The summed E-state index contributed by atoms with van der Waals surface area (Å²) in [5, 5.41) is 2.81. The largest absolute Gasteiger partial charge is 0.492 e. The lowest BCUT2D eigenvalue weighted by Crippen LogP contribution is -2.41. The van der Waals surface area contributed by atoms with E-state index in [1.807, 2.05) is 82.3 Å². The molecule has 0 saturated carbocycles. The van der Waals surface area contributed by atoms with Crippen molar-refractivity contribution in [2.24, 2.45) is 0 Å². The molecule has 2 aliphatic rings. The second-order valence-electron chi connectivity index (χ2n) is 8.84. The third-order valence-corrected chi connectivity index (χ3v) is 5.95. The first-order valence-corrected chi connectivity index (χ1v) is 10.6. The van der Waals surface area contributed by atoms with Crippen molar-refractivity contribution in [1.82, 2.24) is 5.32 Å². The van der Waals surface area contributed by atoms with E-state index < -0.39 is 24.4 Å². The summed E-state index contributed by atoms with van der Waals surface area (Å²) in [6, 6.07) is 15.2. The van der Waals surface area contributed by atoms with E-state index in [1.54, 1.807) is 0 Å². The zero-order chi connectivity index (χ0) is 22.8. The van der Waals surface area contributed by atoms with Gasteiger partial charge < -0.3 is 28.8 Å². The zero-order valence-electron chi connectivity index (χ0n) is 18.8. The molecule has 2 aromatic rings. The van der Waals surface area contributed by atoms with E-state index in [4.69, 9.17) is 23.5 Å². The van der Waals surface area contributed by atoms with Crippen LogP contribution in [0.2, 0.25) is 0 Å². The SMILES string of the molecule is CC1(C)OB(C(=Cc2ccc3c(c2)OCO3)CNC(=O)OCc2ccccc2)OC1(C)C. The van der Waals surface area contributed by atoms with E-state index >= 15 is 0 Å². The van der Waals surface area contributed by atoms with E-state index in [1.165, 1.54) is 0 Å². The van der Waals surface area contributed by atoms with Gasteiger partial charge in [0.25, 0.3) is 0 Å². The average Bonchev–Trinajstić information content (AvgIpc) is 3.31. The Balaban J connectivity index is 1.48. The van der Waals surface area contributed by atoms with Crippen LogP contribution < -0.4 is 14.8 Å². The molecule has 0 bridgehead atoms. The zero-order valence-corrected chi connectivity index (χ0v) is 18.8. The van der Waals surface area contributed by atoms with Gasteiger partial charge in [-0.3, -0.25) is 0 Å². The Morgan fingerprint density at radius 2 is 1.72 bits per heavy atom. The maximum atomic E-state index is 12.3. The summed E-state index contributed by atoms with van der Waals surface area (Å²) in [5.74, 6) is 1.39. The molecule has 1 saturated heterocycles. The maximum Gasteiger partial charge on any atom is 0.492 e. The molecule has 2 aromatic carbocycles. The van der Waals surface area contributed by atoms with Crippen LogP contribution in [0.1, 0.15) is 38.8 Å². The number of alkyl carbamates (subject to hydrolysis) is 1. The fourth-order valence-electron chi connectivity index (χ4n) is 3.36. The molecular formula is C24H28BNO6. The quantitative estimate of drug-likeness (QED) is 0.678. The van der Waals surface area contributed by atoms with Crippen molar-refractivity contribution < 1.29 is 28.3 Å². The smallest absolute Gasteiger partial charge is 0.454 e. The predicted molar refractivity (Wildman–Crippen MR) is 121 cm³/mol. The molecular weight excluding hydrogens is 409 g/mol. The molecule has 7 nitrogen and oxygen atoms in total. The molecule has 1 amide bonds. The summed E-state index contributed by atoms with van der Waals surface area (Å²) in [5.41, 5.74) is 1.57. The van der Waals surface area contributed by atoms with Gasteiger partial charge in [-0.1, -0.05) is 42.5 Å². The number of benzene rings is 2. The van der Waals surface area contributed by atoms with Crippen LogP contribution in [0.25, 0.3) is 6.08 Å². The first-order chi connectivity index (χ1) is 15.2. The van der Waals surface area contributed by atoms with Crippen LogP contribution >= 0.6 is 0 Å². The highest BCUT2D eigenvalue weighted by Gasteiger charge is 2.52. The van der Waals surface area contributed by atoms with Gasteiger partial charge in [0.05, 0.1) is 11.2 Å². The van der Waals surface area contributed by atoms with Crippen molar-refractivity contribution in [2.45, 2.75) is 45.5 Å². The Morgan fingerprint density at radius 3 is 2.44 bits per heavy atom. The molecule has 2 aliphatic heterocycles. The van der Waals surface area contributed by atoms with Gasteiger partial charge in [0.2, 0.25) is 6.79 Å². The lowest BCUT2D eigenvalue weighted by Gasteiger charge is -2.32. The van der Waals surface area contributed by atoms with E-state index in [0.29, 0.717) is 11.5 Å². The number of amides is 1. The van der Waals surface area contributed by atoms with Crippen LogP contribution in [0.4, 0.5) is 4.79 Å². The summed E-state index contributed by atoms with van der Waals surface area (Å²) in [6.45, 7) is 8.59. The number of nitrogens with one attached hydrogen (secondary N) is 1. The van der Waals surface area contributed by atoms with Gasteiger partial charge in [-0.05, 0) is 56.4 Å². The third-order valence-electron chi connectivity index (χ3n) is 5.95. The predicted octanol–water partition coefficient (Wildman–Crippen LogP) is 4.36. The summed E-state index contributed by atoms with van der Waals surface area (Å²) < 4.78 is 28.6. The van der Waals surface area contributed by atoms with Gasteiger partial charge in [-0.2, -0.15) is 0 Å². The molecule has 32 heavy (non-hydrogen) atoms. The molecule has 0 atom stereocenters. The van der Waals surface area contributed by atoms with E-state index in [-0.39, 0.29) is 19.9 Å². The van der Waals surface area contributed by atoms with Crippen molar-refractivity contribution in [3.8, 4) is 11.5 Å². The van der Waals surface area contributed by atoms with Gasteiger partial charge in [0.1, 0.15) is 6.61 Å². The molecule has 1 fully saturated rings. The van der Waals surface area contributed by atoms with Crippen molar-refractivity contribution in [3.63, 3.8) is 0 Å². The third kappa shape index (κ3) is 4.92. The average molecular weight is 437 g/mol. The highest BCUT2D eigenvalue weighted by Crippen LogP contribution is 2.39. The van der Waals surface area contributed by atoms with E-state index in [0.717, 1.165) is 16.6 Å². The summed E-state index contributed by atoms with van der Waals surface area (Å²) in [6.07, 6.45) is 1.42. The molecule has 8 heteroatoms. The van der Waals surface area contributed by atoms with Gasteiger partial charge in [0.15, 0.2) is 11.5 Å². The molecule has 1 N–H and O–H groups in total. The standard InChI is InChI=1S/C24H28BNO6/c1-23(2)24(3,4)32-25(31-23)19(12-18-10-11-20-21(13-18)30-16-29-20)14-26-22(27)28-15-17-8-6-5-7-9-17/h5-13H,14-16H2,1-4H3,(H,26,27). The molecule has 4 rings (SSSR count). The van der Waals surface area contributed by atoms with Gasteiger partial charge in [-0.15, -0.1) is 0 Å². The normalized spacial score (nSPS) is 18.5. The maximum absolute atomic E-state index is 12.3. The van der Waals surface area contributed by atoms with Crippen LogP contribution in [-0.2, 0) is 20.7 Å². The molecule has 168 valence electrons. The van der Waals surface area contributed by atoms with Crippen LogP contribution in [0, 0.1) is 0 Å². The fourth-order valence-corrected chi connectivity index (χ4v) is 3.36. The number of fused-ring (bicyclic) bond motifs is 1. The van der Waals surface area contributed by atoms with Gasteiger partial charge >= 0.3 is 13.2 Å². The van der Waals surface area contributed by atoms with Gasteiger partial charge in [-0.25, -0.2) is 4.79 Å². The minimum atomic E-state index is -0.611. The number of ether oxygens (including phenoxy) is 3. The van der Waals surface area contributed by atoms with Crippen LogP contribution in [-0.4, -0.2) is 37.8 Å². The Labute approximate surface area is 188 Å². The van der Waals surface area contributed by atoms with Crippen molar-refractivity contribution in [2.75, 3.05) is 13.3 Å². The van der Waals surface area contributed by atoms with Crippen LogP contribution in [0.3, 0.4) is 0 Å². The Bertz CT molecular complexity index is 989. The van der Waals surface area contributed by atoms with E-state index in [2.05, 4.69) is 5.32 Å². The second-order valence-corrected chi connectivity index (χ2v) is 8.84.